The van der Waals surface area contributed by atoms with E-state index in [1.54, 1.807) is 0 Å². The molecule has 0 aromatic carbocycles. The van der Waals surface area contributed by atoms with E-state index in [4.69, 9.17) is 0 Å². The Morgan fingerprint density at radius 1 is 1.64 bits per heavy atom. The second kappa shape index (κ2) is 3.96. The minimum atomic E-state index is 0.529. The van der Waals surface area contributed by atoms with E-state index in [1.165, 1.54) is 11.3 Å². The van der Waals surface area contributed by atoms with Crippen molar-refractivity contribution in [2.24, 2.45) is 0 Å². The lowest BCUT2D eigenvalue weighted by atomic mass is 10.2. The Balaban J connectivity index is 2.10. The summed E-state index contributed by atoms with van der Waals surface area (Å²) in [5.41, 5.74) is 2.75. The van der Waals surface area contributed by atoms with E-state index < -0.39 is 0 Å². The standard InChI is InChI=1S/C11H17N3/c1-9(12-2)8-14-6-4-10-3-5-13-7-11(10)14/h3,5,7,9,12H,4,6,8H2,1-2H3. The summed E-state index contributed by atoms with van der Waals surface area (Å²) in [7, 11) is 2.00. The van der Waals surface area contributed by atoms with Crippen molar-refractivity contribution in [3.8, 4) is 0 Å². The van der Waals surface area contributed by atoms with Crippen LogP contribution in [0.15, 0.2) is 18.5 Å². The number of rotatable bonds is 3. The molecular formula is C11H17N3. The Morgan fingerprint density at radius 2 is 2.50 bits per heavy atom. The minimum absolute atomic E-state index is 0.529. The summed E-state index contributed by atoms with van der Waals surface area (Å²) in [6.07, 6.45) is 5.02. The Kier molecular flexibility index (Phi) is 2.68. The fourth-order valence-corrected chi connectivity index (χ4v) is 1.90. The number of aromatic nitrogens is 1. The normalized spacial score (nSPS) is 16.9. The lowest BCUT2D eigenvalue weighted by Crippen LogP contribution is -2.36. The van der Waals surface area contributed by atoms with Gasteiger partial charge in [-0.25, -0.2) is 0 Å². The first-order valence-corrected chi connectivity index (χ1v) is 5.16. The average molecular weight is 191 g/mol. The SMILES string of the molecule is CNC(C)CN1CCc2ccncc21. The summed E-state index contributed by atoms with van der Waals surface area (Å²) in [6.45, 7) is 4.40. The maximum Gasteiger partial charge on any atom is 0.0586 e. The number of fused-ring (bicyclic) bond motifs is 1. The molecule has 0 saturated heterocycles. The average Bonchev–Trinajstić information content (AvgIpc) is 2.62. The minimum Gasteiger partial charge on any atom is -0.368 e. The van der Waals surface area contributed by atoms with Gasteiger partial charge in [0.2, 0.25) is 0 Å². The van der Waals surface area contributed by atoms with Crippen molar-refractivity contribution in [1.29, 1.82) is 0 Å². The molecular weight excluding hydrogens is 174 g/mol. The summed E-state index contributed by atoms with van der Waals surface area (Å²) >= 11 is 0. The van der Waals surface area contributed by atoms with Crippen LogP contribution in [0.4, 0.5) is 5.69 Å². The highest BCUT2D eigenvalue weighted by atomic mass is 15.2. The highest BCUT2D eigenvalue weighted by Crippen LogP contribution is 2.26. The molecule has 0 spiro atoms. The van der Waals surface area contributed by atoms with Crippen molar-refractivity contribution < 1.29 is 0 Å². The molecule has 2 heterocycles. The number of nitrogens with zero attached hydrogens (tertiary/aromatic N) is 2. The largest absolute Gasteiger partial charge is 0.368 e. The van der Waals surface area contributed by atoms with Crippen molar-refractivity contribution in [1.82, 2.24) is 10.3 Å². The van der Waals surface area contributed by atoms with Gasteiger partial charge in [0, 0.05) is 25.3 Å². The van der Waals surface area contributed by atoms with E-state index >= 15 is 0 Å². The van der Waals surface area contributed by atoms with Crippen molar-refractivity contribution in [2.75, 3.05) is 25.0 Å². The van der Waals surface area contributed by atoms with Gasteiger partial charge in [0.1, 0.15) is 0 Å². The van der Waals surface area contributed by atoms with Crippen LogP contribution in [0.3, 0.4) is 0 Å². The van der Waals surface area contributed by atoms with Crippen LogP contribution in [0.2, 0.25) is 0 Å². The second-order valence-corrected chi connectivity index (χ2v) is 3.89. The van der Waals surface area contributed by atoms with Gasteiger partial charge in [-0.3, -0.25) is 4.98 Å². The fraction of sp³-hybridized carbons (Fsp3) is 0.545. The van der Waals surface area contributed by atoms with Crippen LogP contribution in [0.5, 0.6) is 0 Å². The topological polar surface area (TPSA) is 28.2 Å². The lowest BCUT2D eigenvalue weighted by Gasteiger charge is -2.22. The third-order valence-corrected chi connectivity index (χ3v) is 2.87. The predicted octanol–water partition coefficient (Wildman–Crippen LogP) is 1.05. The zero-order chi connectivity index (χ0) is 9.97. The van der Waals surface area contributed by atoms with Crippen molar-refractivity contribution in [3.05, 3.63) is 24.0 Å². The Morgan fingerprint density at radius 3 is 3.29 bits per heavy atom. The highest BCUT2D eigenvalue weighted by Gasteiger charge is 2.19. The molecule has 0 bridgehead atoms. The van der Waals surface area contributed by atoms with E-state index in [2.05, 4.69) is 28.2 Å². The molecule has 1 atom stereocenters. The van der Waals surface area contributed by atoms with E-state index in [-0.39, 0.29) is 0 Å². The van der Waals surface area contributed by atoms with Gasteiger partial charge in [-0.05, 0) is 32.0 Å². The number of hydrogen-bond donors (Lipinski definition) is 1. The van der Waals surface area contributed by atoms with Gasteiger partial charge < -0.3 is 10.2 Å². The molecule has 0 saturated carbocycles. The first kappa shape index (κ1) is 9.46. The highest BCUT2D eigenvalue weighted by molar-refractivity contribution is 5.56. The van der Waals surface area contributed by atoms with Crippen LogP contribution in [-0.2, 0) is 6.42 Å². The molecule has 1 aliphatic heterocycles. The number of likely N-dealkylation sites (N-methyl/N-ethyl adjacent to an activating group) is 1. The van der Waals surface area contributed by atoms with Crippen molar-refractivity contribution in [3.63, 3.8) is 0 Å². The zero-order valence-electron chi connectivity index (χ0n) is 8.83. The number of nitrogens with one attached hydrogen (secondary N) is 1. The monoisotopic (exact) mass is 191 g/mol. The summed E-state index contributed by atoms with van der Waals surface area (Å²) in [5, 5.41) is 3.26. The van der Waals surface area contributed by atoms with Crippen LogP contribution < -0.4 is 10.2 Å². The third kappa shape index (κ3) is 1.73. The molecule has 1 aromatic rings. The molecule has 3 nitrogen and oxygen atoms in total. The van der Waals surface area contributed by atoms with Gasteiger partial charge in [-0.2, -0.15) is 0 Å². The molecule has 76 valence electrons. The van der Waals surface area contributed by atoms with Gasteiger partial charge >= 0.3 is 0 Å². The maximum atomic E-state index is 4.18. The smallest absolute Gasteiger partial charge is 0.0586 e. The van der Waals surface area contributed by atoms with Gasteiger partial charge in [0.15, 0.2) is 0 Å². The zero-order valence-corrected chi connectivity index (χ0v) is 8.83. The van der Waals surface area contributed by atoms with Gasteiger partial charge in [0.05, 0.1) is 11.9 Å². The summed E-state index contributed by atoms with van der Waals surface area (Å²) in [6, 6.07) is 2.65. The quantitative estimate of drug-likeness (QED) is 0.774. The number of hydrogen-bond acceptors (Lipinski definition) is 3. The summed E-state index contributed by atoms with van der Waals surface area (Å²) in [4.78, 5) is 6.58. The molecule has 3 heteroatoms. The molecule has 1 aromatic heterocycles. The lowest BCUT2D eigenvalue weighted by molar-refractivity contribution is 0.594. The third-order valence-electron chi connectivity index (χ3n) is 2.87. The molecule has 0 aliphatic carbocycles. The van der Waals surface area contributed by atoms with Crippen LogP contribution >= 0.6 is 0 Å². The van der Waals surface area contributed by atoms with E-state index in [0.29, 0.717) is 6.04 Å². The molecule has 1 unspecified atom stereocenters. The van der Waals surface area contributed by atoms with E-state index in [1.807, 2.05) is 19.4 Å². The molecule has 0 fully saturated rings. The molecule has 1 N–H and O–H groups in total. The van der Waals surface area contributed by atoms with Gasteiger partial charge in [-0.15, -0.1) is 0 Å². The van der Waals surface area contributed by atoms with Gasteiger partial charge in [0.25, 0.3) is 0 Å². The number of anilines is 1. The Bertz CT molecular complexity index is 311. The second-order valence-electron chi connectivity index (χ2n) is 3.89. The van der Waals surface area contributed by atoms with E-state index in [9.17, 15) is 0 Å². The van der Waals surface area contributed by atoms with Crippen molar-refractivity contribution >= 4 is 5.69 Å². The van der Waals surface area contributed by atoms with Crippen LogP contribution in [0, 0.1) is 0 Å². The van der Waals surface area contributed by atoms with Crippen LogP contribution in [-0.4, -0.2) is 31.2 Å². The summed E-state index contributed by atoms with van der Waals surface area (Å²) in [5.74, 6) is 0. The fourth-order valence-electron chi connectivity index (χ4n) is 1.90. The first-order valence-electron chi connectivity index (χ1n) is 5.16. The van der Waals surface area contributed by atoms with Crippen LogP contribution in [0.25, 0.3) is 0 Å². The van der Waals surface area contributed by atoms with E-state index in [0.717, 1.165) is 19.5 Å². The molecule has 2 rings (SSSR count). The predicted molar refractivity (Wildman–Crippen MR) is 58.7 cm³/mol. The van der Waals surface area contributed by atoms with Crippen molar-refractivity contribution in [2.45, 2.75) is 19.4 Å². The molecule has 1 aliphatic rings. The van der Waals surface area contributed by atoms with Gasteiger partial charge in [-0.1, -0.05) is 0 Å². The van der Waals surface area contributed by atoms with Crippen LogP contribution in [0.1, 0.15) is 12.5 Å². The Hall–Kier alpha value is -1.09. The molecule has 0 amide bonds. The molecule has 14 heavy (non-hydrogen) atoms. The first-order chi connectivity index (χ1) is 6.81. The number of pyridine rings is 1. The maximum absolute atomic E-state index is 4.18. The molecule has 0 radical (unpaired) electrons. The Labute approximate surface area is 85.1 Å². The summed E-state index contributed by atoms with van der Waals surface area (Å²) < 4.78 is 0.